The third-order valence-corrected chi connectivity index (χ3v) is 1.25. The Bertz CT molecular complexity index is 280. The third-order valence-electron chi connectivity index (χ3n) is 1.07. The second-order valence-electron chi connectivity index (χ2n) is 1.86. The second-order valence-corrected chi connectivity index (χ2v) is 2.25. The summed E-state index contributed by atoms with van der Waals surface area (Å²) in [5.41, 5.74) is 4.86. The van der Waals surface area contributed by atoms with Gasteiger partial charge in [-0.3, -0.25) is 4.79 Å². The van der Waals surface area contributed by atoms with Gasteiger partial charge in [-0.05, 0) is 0 Å². The largest absolute Gasteiger partial charge is 0.379 e. The Morgan fingerprint density at radius 2 is 2.40 bits per heavy atom. The number of anilines is 1. The lowest BCUT2D eigenvalue weighted by molar-refractivity contribution is 0.847. The number of nitrogens with two attached hydrogens (primary N) is 1. The second kappa shape index (κ2) is 2.30. The molecule has 0 amide bonds. The van der Waals surface area contributed by atoms with E-state index in [0.29, 0.717) is 0 Å². The summed E-state index contributed by atoms with van der Waals surface area (Å²) in [5.74, 6) is -0.0741. The van der Waals surface area contributed by atoms with Gasteiger partial charge in [-0.25, -0.2) is 4.98 Å². The van der Waals surface area contributed by atoms with E-state index < -0.39 is 0 Å². The zero-order valence-electron chi connectivity index (χ0n) is 5.34. The highest BCUT2D eigenvalue weighted by molar-refractivity contribution is 6.29. The maximum absolute atomic E-state index is 10.8. The van der Waals surface area contributed by atoms with Crippen molar-refractivity contribution in [1.82, 2.24) is 9.55 Å². The quantitative estimate of drug-likeness (QED) is 0.581. The molecule has 1 aromatic rings. The smallest absolute Gasteiger partial charge is 0.292 e. The highest BCUT2D eigenvalue weighted by Crippen LogP contribution is 2.00. The Balaban J connectivity index is 3.46. The maximum Gasteiger partial charge on any atom is 0.292 e. The lowest BCUT2D eigenvalue weighted by Gasteiger charge is -1.97. The Labute approximate surface area is 62.3 Å². The fourth-order valence-electron chi connectivity index (χ4n) is 0.591. The summed E-state index contributed by atoms with van der Waals surface area (Å²) in [5, 5.41) is 0.222. The van der Waals surface area contributed by atoms with Crippen molar-refractivity contribution in [1.29, 1.82) is 0 Å². The average molecular weight is 160 g/mol. The standard InChI is InChI=1S/C5H6ClN3O/c1-9-2-3(6)8-4(7)5(9)10/h2H,1H3,(H2,7,8). The zero-order valence-corrected chi connectivity index (χ0v) is 6.09. The van der Waals surface area contributed by atoms with E-state index >= 15 is 0 Å². The van der Waals surface area contributed by atoms with Crippen molar-refractivity contribution in [3.63, 3.8) is 0 Å². The van der Waals surface area contributed by atoms with Gasteiger partial charge in [0.05, 0.1) is 0 Å². The van der Waals surface area contributed by atoms with E-state index in [1.165, 1.54) is 10.8 Å². The van der Waals surface area contributed by atoms with Crippen LogP contribution in [0.1, 0.15) is 0 Å². The normalized spacial score (nSPS) is 9.80. The molecule has 0 unspecified atom stereocenters. The molecule has 2 N–H and O–H groups in total. The number of nitrogen functional groups attached to an aromatic ring is 1. The van der Waals surface area contributed by atoms with Crippen LogP contribution in [0.2, 0.25) is 5.15 Å². The van der Waals surface area contributed by atoms with Crippen molar-refractivity contribution in [2.45, 2.75) is 0 Å². The first-order valence-corrected chi connectivity index (χ1v) is 2.97. The van der Waals surface area contributed by atoms with Gasteiger partial charge in [-0.15, -0.1) is 0 Å². The van der Waals surface area contributed by atoms with E-state index in [9.17, 15) is 4.79 Å². The van der Waals surface area contributed by atoms with Crippen LogP contribution >= 0.6 is 11.6 Å². The first-order valence-electron chi connectivity index (χ1n) is 2.60. The fourth-order valence-corrected chi connectivity index (χ4v) is 0.828. The van der Waals surface area contributed by atoms with Gasteiger partial charge >= 0.3 is 0 Å². The van der Waals surface area contributed by atoms with Gasteiger partial charge in [0.1, 0.15) is 5.15 Å². The summed E-state index contributed by atoms with van der Waals surface area (Å²) in [6.45, 7) is 0. The highest BCUT2D eigenvalue weighted by atomic mass is 35.5. The van der Waals surface area contributed by atoms with Crippen LogP contribution < -0.4 is 11.3 Å². The molecule has 0 aliphatic heterocycles. The lowest BCUT2D eigenvalue weighted by Crippen LogP contribution is -2.20. The Kier molecular flexibility index (Phi) is 1.63. The van der Waals surface area contributed by atoms with Crippen molar-refractivity contribution in [3.8, 4) is 0 Å². The van der Waals surface area contributed by atoms with Crippen LogP contribution in [0.3, 0.4) is 0 Å². The molecule has 1 rings (SSSR count). The summed E-state index contributed by atoms with van der Waals surface area (Å²) in [4.78, 5) is 14.4. The number of hydrogen-bond donors (Lipinski definition) is 1. The SMILES string of the molecule is Cn1cc(Cl)nc(N)c1=O. The number of rotatable bonds is 0. The molecule has 1 heterocycles. The van der Waals surface area contributed by atoms with Gasteiger partial charge in [0, 0.05) is 13.2 Å². The minimum absolute atomic E-state index is 0.0741. The molecular formula is C5H6ClN3O. The van der Waals surface area contributed by atoms with E-state index in [1.54, 1.807) is 7.05 Å². The zero-order chi connectivity index (χ0) is 7.72. The molecule has 4 nitrogen and oxygen atoms in total. The van der Waals surface area contributed by atoms with E-state index in [-0.39, 0.29) is 16.5 Å². The average Bonchev–Trinajstić information content (AvgIpc) is 1.82. The summed E-state index contributed by atoms with van der Waals surface area (Å²) in [7, 11) is 1.56. The molecule has 0 fully saturated rings. The van der Waals surface area contributed by atoms with Crippen molar-refractivity contribution < 1.29 is 0 Å². The topological polar surface area (TPSA) is 60.9 Å². The number of aromatic nitrogens is 2. The Morgan fingerprint density at radius 3 is 2.90 bits per heavy atom. The molecule has 0 spiro atoms. The van der Waals surface area contributed by atoms with Gasteiger partial charge in [0.25, 0.3) is 5.56 Å². The summed E-state index contributed by atoms with van der Waals surface area (Å²) >= 11 is 5.47. The van der Waals surface area contributed by atoms with Gasteiger partial charge in [-0.2, -0.15) is 0 Å². The Hall–Kier alpha value is -1.03. The van der Waals surface area contributed by atoms with Gasteiger partial charge in [0.2, 0.25) is 0 Å². The predicted octanol–water partition coefficient (Wildman–Crippen LogP) is 0.0159. The Morgan fingerprint density at radius 1 is 1.80 bits per heavy atom. The first kappa shape index (κ1) is 7.08. The predicted molar refractivity (Wildman–Crippen MR) is 38.9 cm³/mol. The van der Waals surface area contributed by atoms with Crippen LogP contribution in [-0.2, 0) is 7.05 Å². The van der Waals surface area contributed by atoms with Gasteiger partial charge in [-0.1, -0.05) is 11.6 Å². The molecule has 54 valence electrons. The number of halogens is 1. The van der Waals surface area contributed by atoms with Crippen molar-refractivity contribution >= 4 is 17.4 Å². The summed E-state index contributed by atoms with van der Waals surface area (Å²) in [6.07, 6.45) is 1.40. The van der Waals surface area contributed by atoms with E-state index in [0.717, 1.165) is 0 Å². The van der Waals surface area contributed by atoms with E-state index in [1.807, 2.05) is 0 Å². The molecule has 0 aliphatic carbocycles. The minimum Gasteiger partial charge on any atom is -0.379 e. The van der Waals surface area contributed by atoms with Crippen LogP contribution in [0.5, 0.6) is 0 Å². The number of hydrogen-bond acceptors (Lipinski definition) is 3. The van der Waals surface area contributed by atoms with Gasteiger partial charge < -0.3 is 10.3 Å². The molecule has 0 saturated heterocycles. The van der Waals surface area contributed by atoms with Crippen molar-refractivity contribution in [2.24, 2.45) is 7.05 Å². The van der Waals surface area contributed by atoms with E-state index in [4.69, 9.17) is 17.3 Å². The summed E-state index contributed by atoms with van der Waals surface area (Å²) in [6, 6.07) is 0. The maximum atomic E-state index is 10.8. The molecule has 0 aliphatic rings. The molecule has 0 radical (unpaired) electrons. The number of aryl methyl sites for hydroxylation is 1. The van der Waals surface area contributed by atoms with Crippen LogP contribution in [0.4, 0.5) is 5.82 Å². The highest BCUT2D eigenvalue weighted by Gasteiger charge is 1.98. The summed E-state index contributed by atoms with van der Waals surface area (Å²) < 4.78 is 1.28. The van der Waals surface area contributed by atoms with Crippen LogP contribution in [0, 0.1) is 0 Å². The minimum atomic E-state index is -0.329. The third kappa shape index (κ3) is 1.11. The molecular weight excluding hydrogens is 154 g/mol. The fraction of sp³-hybridized carbons (Fsp3) is 0.200. The molecule has 5 heteroatoms. The first-order chi connectivity index (χ1) is 4.61. The molecule has 10 heavy (non-hydrogen) atoms. The molecule has 1 aromatic heterocycles. The van der Waals surface area contributed by atoms with Crippen LogP contribution in [0.15, 0.2) is 11.0 Å². The van der Waals surface area contributed by atoms with Crippen LogP contribution in [0.25, 0.3) is 0 Å². The van der Waals surface area contributed by atoms with Gasteiger partial charge in [0.15, 0.2) is 5.82 Å². The van der Waals surface area contributed by atoms with Crippen molar-refractivity contribution in [3.05, 3.63) is 21.7 Å². The monoisotopic (exact) mass is 159 g/mol. The lowest BCUT2D eigenvalue weighted by atomic mass is 10.6. The molecule has 0 aromatic carbocycles. The number of nitrogens with zero attached hydrogens (tertiary/aromatic N) is 2. The van der Waals surface area contributed by atoms with Crippen molar-refractivity contribution in [2.75, 3.05) is 5.73 Å². The molecule has 0 atom stereocenters. The van der Waals surface area contributed by atoms with Crippen LogP contribution in [-0.4, -0.2) is 9.55 Å². The van der Waals surface area contributed by atoms with E-state index in [2.05, 4.69) is 4.98 Å². The molecule has 0 saturated carbocycles. The molecule has 0 bridgehead atoms.